The smallest absolute Gasteiger partial charge is 0.490 e. The van der Waals surface area contributed by atoms with Crippen LogP contribution in [0.3, 0.4) is 0 Å². The Balaban J connectivity index is 0.000000298. The number of alkyl halides is 3. The van der Waals surface area contributed by atoms with Crippen LogP contribution in [0.1, 0.15) is 12.0 Å². The van der Waals surface area contributed by atoms with Gasteiger partial charge in [0.2, 0.25) is 0 Å². The second-order valence-corrected chi connectivity index (χ2v) is 7.84. The molecule has 0 amide bonds. The molecule has 2 aliphatic heterocycles. The standard InChI is InChI=1S/C15H21NO2S.C2HF3O2/c1-17-13-5-3-4-12(6-13)8-16-10-15(11-16)7-14(18-2)9-19-15;3-2(4,5)1(6)7/h3-6,14H,7-11H2,1-2H3;(H,6,7). The first-order valence-corrected chi connectivity index (χ1v) is 8.98. The fourth-order valence-corrected chi connectivity index (χ4v) is 4.73. The topological polar surface area (TPSA) is 59.0 Å². The molecule has 2 saturated heterocycles. The molecule has 0 aromatic heterocycles. The molecule has 0 radical (unpaired) electrons. The fourth-order valence-electron chi connectivity index (χ4n) is 3.08. The molecule has 0 aliphatic carbocycles. The van der Waals surface area contributed by atoms with Gasteiger partial charge in [0, 0.05) is 37.2 Å². The van der Waals surface area contributed by atoms with Crippen LogP contribution in [0.2, 0.25) is 0 Å². The van der Waals surface area contributed by atoms with Crippen LogP contribution in [0, 0.1) is 0 Å². The van der Waals surface area contributed by atoms with Crippen molar-refractivity contribution in [1.82, 2.24) is 4.90 Å². The molecule has 26 heavy (non-hydrogen) atoms. The van der Waals surface area contributed by atoms with Crippen LogP contribution >= 0.6 is 11.8 Å². The molecule has 2 heterocycles. The predicted octanol–water partition coefficient (Wildman–Crippen LogP) is 3.03. The van der Waals surface area contributed by atoms with E-state index in [0.717, 1.165) is 18.0 Å². The summed E-state index contributed by atoms with van der Waals surface area (Å²) < 4.78 is 42.9. The van der Waals surface area contributed by atoms with Crippen molar-refractivity contribution in [3.05, 3.63) is 29.8 Å². The number of carboxylic acids is 1. The number of nitrogens with zero attached hydrogens (tertiary/aromatic N) is 1. The monoisotopic (exact) mass is 393 g/mol. The number of carbonyl (C=O) groups is 1. The predicted molar refractivity (Wildman–Crippen MR) is 92.6 cm³/mol. The lowest BCUT2D eigenvalue weighted by Crippen LogP contribution is -2.58. The second-order valence-electron chi connectivity index (χ2n) is 6.36. The van der Waals surface area contributed by atoms with Gasteiger partial charge in [-0.1, -0.05) is 12.1 Å². The highest BCUT2D eigenvalue weighted by Crippen LogP contribution is 2.46. The number of rotatable bonds is 4. The molecule has 1 unspecified atom stereocenters. The quantitative estimate of drug-likeness (QED) is 0.849. The van der Waals surface area contributed by atoms with E-state index in [4.69, 9.17) is 19.4 Å². The molecule has 1 aromatic carbocycles. The van der Waals surface area contributed by atoms with Gasteiger partial charge in [0.1, 0.15) is 5.75 Å². The molecular formula is C17H22F3NO4S. The molecule has 2 aliphatic rings. The summed E-state index contributed by atoms with van der Waals surface area (Å²) in [6.07, 6.45) is -3.41. The van der Waals surface area contributed by atoms with Crippen molar-refractivity contribution < 1.29 is 32.5 Å². The van der Waals surface area contributed by atoms with Crippen molar-refractivity contribution in [3.8, 4) is 5.75 Å². The van der Waals surface area contributed by atoms with Crippen LogP contribution < -0.4 is 4.74 Å². The molecule has 0 bridgehead atoms. The summed E-state index contributed by atoms with van der Waals surface area (Å²) in [5.74, 6) is -0.654. The fraction of sp³-hybridized carbons (Fsp3) is 0.588. The molecule has 1 aromatic rings. The molecule has 3 rings (SSSR count). The first-order valence-electron chi connectivity index (χ1n) is 7.99. The summed E-state index contributed by atoms with van der Waals surface area (Å²) in [5, 5.41) is 7.12. The minimum Gasteiger partial charge on any atom is -0.497 e. The van der Waals surface area contributed by atoms with E-state index in [1.165, 1.54) is 25.1 Å². The van der Waals surface area contributed by atoms with Crippen LogP contribution in [-0.2, 0) is 16.1 Å². The van der Waals surface area contributed by atoms with Gasteiger partial charge in [-0.05, 0) is 24.1 Å². The Hall–Kier alpha value is -1.45. The zero-order valence-electron chi connectivity index (χ0n) is 14.6. The number of methoxy groups -OCH3 is 2. The Bertz CT molecular complexity index is 620. The molecule has 0 saturated carbocycles. The molecule has 5 nitrogen and oxygen atoms in total. The van der Waals surface area contributed by atoms with Gasteiger partial charge in [-0.2, -0.15) is 13.2 Å². The SMILES string of the molecule is COc1cccc(CN2CC3(CC(OC)CS3)C2)c1.O=C(O)C(F)(F)F. The van der Waals surface area contributed by atoms with E-state index in [1.807, 2.05) is 13.2 Å². The van der Waals surface area contributed by atoms with E-state index in [-0.39, 0.29) is 0 Å². The minimum absolute atomic E-state index is 0.462. The number of hydrogen-bond donors (Lipinski definition) is 1. The van der Waals surface area contributed by atoms with Crippen LogP contribution in [0.25, 0.3) is 0 Å². The van der Waals surface area contributed by atoms with Crippen molar-refractivity contribution in [2.45, 2.75) is 30.0 Å². The molecule has 146 valence electrons. The molecule has 9 heteroatoms. The Morgan fingerprint density at radius 1 is 1.38 bits per heavy atom. The van der Waals surface area contributed by atoms with Crippen LogP contribution in [0.4, 0.5) is 13.2 Å². The molecule has 2 fully saturated rings. The maximum absolute atomic E-state index is 10.6. The Morgan fingerprint density at radius 2 is 2.04 bits per heavy atom. The van der Waals surface area contributed by atoms with Crippen molar-refractivity contribution in [3.63, 3.8) is 0 Å². The summed E-state index contributed by atoms with van der Waals surface area (Å²) in [7, 11) is 3.55. The largest absolute Gasteiger partial charge is 0.497 e. The van der Waals surface area contributed by atoms with E-state index < -0.39 is 12.1 Å². The van der Waals surface area contributed by atoms with E-state index in [1.54, 1.807) is 7.11 Å². The zero-order valence-corrected chi connectivity index (χ0v) is 15.4. The summed E-state index contributed by atoms with van der Waals surface area (Å²) in [5.41, 5.74) is 1.33. The van der Waals surface area contributed by atoms with Gasteiger partial charge >= 0.3 is 12.1 Å². The van der Waals surface area contributed by atoms with Crippen LogP contribution in [0.5, 0.6) is 5.75 Å². The summed E-state index contributed by atoms with van der Waals surface area (Å²) in [6.45, 7) is 3.40. The number of likely N-dealkylation sites (tertiary alicyclic amines) is 1. The van der Waals surface area contributed by atoms with Crippen molar-refractivity contribution in [1.29, 1.82) is 0 Å². The summed E-state index contributed by atoms with van der Waals surface area (Å²) in [6, 6.07) is 8.37. The highest BCUT2D eigenvalue weighted by atomic mass is 32.2. The van der Waals surface area contributed by atoms with Gasteiger partial charge in [-0.3, -0.25) is 4.90 Å². The van der Waals surface area contributed by atoms with E-state index >= 15 is 0 Å². The first-order chi connectivity index (χ1) is 12.2. The Labute approximate surface area is 154 Å². The highest BCUT2D eigenvalue weighted by molar-refractivity contribution is 8.01. The number of thioether (sulfide) groups is 1. The number of benzene rings is 1. The van der Waals surface area contributed by atoms with Gasteiger partial charge in [0.15, 0.2) is 0 Å². The van der Waals surface area contributed by atoms with Gasteiger partial charge in [0.25, 0.3) is 0 Å². The normalized spacial score (nSPS) is 21.7. The summed E-state index contributed by atoms with van der Waals surface area (Å²) >= 11 is 2.09. The molecular weight excluding hydrogens is 371 g/mol. The number of hydrogen-bond acceptors (Lipinski definition) is 5. The van der Waals surface area contributed by atoms with Crippen molar-refractivity contribution in [2.75, 3.05) is 33.1 Å². The van der Waals surface area contributed by atoms with Crippen LogP contribution in [0.15, 0.2) is 24.3 Å². The van der Waals surface area contributed by atoms with Crippen LogP contribution in [-0.4, -0.2) is 66.1 Å². The third-order valence-corrected chi connectivity index (χ3v) is 5.89. The number of carboxylic acid groups (broad SMARTS) is 1. The lowest BCUT2D eigenvalue weighted by atomic mass is 9.92. The summed E-state index contributed by atoms with van der Waals surface area (Å²) in [4.78, 5) is 11.4. The number of aliphatic carboxylic acids is 1. The molecule has 1 spiro atoms. The second kappa shape index (κ2) is 8.49. The average Bonchev–Trinajstić information content (AvgIpc) is 2.99. The average molecular weight is 393 g/mol. The molecule has 1 N–H and O–H groups in total. The third-order valence-electron chi connectivity index (χ3n) is 4.31. The Kier molecular flexibility index (Phi) is 6.81. The van der Waals surface area contributed by atoms with Gasteiger partial charge < -0.3 is 14.6 Å². The maximum atomic E-state index is 10.6. The number of halogens is 3. The minimum atomic E-state index is -5.08. The van der Waals surface area contributed by atoms with E-state index in [2.05, 4.69) is 34.9 Å². The Morgan fingerprint density at radius 3 is 2.54 bits per heavy atom. The zero-order chi connectivity index (χ0) is 19.4. The third kappa shape index (κ3) is 5.52. The molecule has 1 atom stereocenters. The van der Waals surface area contributed by atoms with Crippen molar-refractivity contribution >= 4 is 17.7 Å². The lowest BCUT2D eigenvalue weighted by Gasteiger charge is -2.47. The van der Waals surface area contributed by atoms with E-state index in [0.29, 0.717) is 10.9 Å². The lowest BCUT2D eigenvalue weighted by molar-refractivity contribution is -0.192. The first kappa shape index (κ1) is 20.9. The van der Waals surface area contributed by atoms with E-state index in [9.17, 15) is 13.2 Å². The number of ether oxygens (including phenoxy) is 2. The maximum Gasteiger partial charge on any atom is 0.490 e. The highest BCUT2D eigenvalue weighted by Gasteiger charge is 2.48. The van der Waals surface area contributed by atoms with Gasteiger partial charge in [0.05, 0.1) is 13.2 Å². The van der Waals surface area contributed by atoms with Gasteiger partial charge in [-0.25, -0.2) is 4.79 Å². The van der Waals surface area contributed by atoms with Crippen molar-refractivity contribution in [2.24, 2.45) is 0 Å². The van der Waals surface area contributed by atoms with Gasteiger partial charge in [-0.15, -0.1) is 11.8 Å².